The molecule has 6 nitrogen and oxygen atoms in total. The van der Waals surface area contributed by atoms with Crippen LogP contribution in [0, 0.1) is 5.41 Å². The third-order valence-corrected chi connectivity index (χ3v) is 5.08. The fourth-order valence-electron chi connectivity index (χ4n) is 3.49. The number of hydrogen-bond donors (Lipinski definition) is 2. The van der Waals surface area contributed by atoms with Crippen LogP contribution in [0.4, 0.5) is 0 Å². The van der Waals surface area contributed by atoms with Crippen LogP contribution in [-0.2, 0) is 17.9 Å². The summed E-state index contributed by atoms with van der Waals surface area (Å²) in [6.45, 7) is 10.3. The molecule has 0 saturated heterocycles. The molecule has 0 spiro atoms. The summed E-state index contributed by atoms with van der Waals surface area (Å²) in [5, 5.41) is 6.11. The second-order valence-corrected chi connectivity index (χ2v) is 8.68. The third-order valence-electron chi connectivity index (χ3n) is 5.08. The van der Waals surface area contributed by atoms with Gasteiger partial charge in [0, 0.05) is 13.1 Å². The van der Waals surface area contributed by atoms with Crippen molar-refractivity contribution in [2.75, 3.05) is 13.2 Å². The van der Waals surface area contributed by atoms with Gasteiger partial charge in [0.2, 0.25) is 0 Å². The van der Waals surface area contributed by atoms with E-state index < -0.39 is 0 Å². The van der Waals surface area contributed by atoms with E-state index in [1.54, 1.807) is 6.07 Å². The van der Waals surface area contributed by atoms with Crippen molar-refractivity contribution in [1.82, 2.24) is 15.2 Å². The van der Waals surface area contributed by atoms with Crippen LogP contribution in [0.25, 0.3) is 0 Å². The van der Waals surface area contributed by atoms with Crippen LogP contribution in [0.15, 0.2) is 36.4 Å². The van der Waals surface area contributed by atoms with Gasteiger partial charge < -0.3 is 19.9 Å². The first-order chi connectivity index (χ1) is 13.8. The Morgan fingerprint density at radius 3 is 2.55 bits per heavy atom. The first-order valence-electron chi connectivity index (χ1n) is 10.2. The van der Waals surface area contributed by atoms with Gasteiger partial charge in [-0.05, 0) is 23.5 Å². The quantitative estimate of drug-likeness (QED) is 0.781. The molecule has 2 N–H and O–H groups in total. The van der Waals surface area contributed by atoms with Gasteiger partial charge in [0.25, 0.3) is 11.8 Å². The number of aromatic nitrogens is 1. The second-order valence-electron chi connectivity index (χ2n) is 8.68. The molecule has 156 valence electrons. The molecule has 1 aliphatic heterocycles. The fraction of sp³-hybridized carbons (Fsp3) is 0.478. The highest BCUT2D eigenvalue weighted by Crippen LogP contribution is 2.23. The Hall–Kier alpha value is -2.60. The molecular formula is C23H31N3O3. The fourth-order valence-corrected chi connectivity index (χ4v) is 3.49. The van der Waals surface area contributed by atoms with Crippen molar-refractivity contribution in [3.05, 3.63) is 58.9 Å². The van der Waals surface area contributed by atoms with E-state index in [4.69, 9.17) is 4.74 Å². The lowest BCUT2D eigenvalue weighted by molar-refractivity contribution is 0.0774. The molecular weight excluding hydrogens is 366 g/mol. The molecule has 1 unspecified atom stereocenters. The lowest BCUT2D eigenvalue weighted by atomic mass is 9.97. The monoisotopic (exact) mass is 397 g/mol. The van der Waals surface area contributed by atoms with Gasteiger partial charge in [-0.1, -0.05) is 58.0 Å². The highest BCUT2D eigenvalue weighted by atomic mass is 16.5. The van der Waals surface area contributed by atoms with Gasteiger partial charge >= 0.3 is 0 Å². The maximum atomic E-state index is 13.1. The molecule has 0 saturated carbocycles. The van der Waals surface area contributed by atoms with E-state index in [2.05, 4.69) is 31.4 Å². The highest BCUT2D eigenvalue weighted by Gasteiger charge is 2.27. The Morgan fingerprint density at radius 1 is 1.17 bits per heavy atom. The molecule has 1 aliphatic rings. The zero-order chi connectivity index (χ0) is 21.0. The van der Waals surface area contributed by atoms with Crippen molar-refractivity contribution >= 4 is 11.8 Å². The molecule has 1 atom stereocenters. The molecule has 1 aromatic heterocycles. The largest absolute Gasteiger partial charge is 0.373 e. The maximum Gasteiger partial charge on any atom is 0.267 e. The van der Waals surface area contributed by atoms with Crippen molar-refractivity contribution in [2.24, 2.45) is 5.41 Å². The predicted octanol–water partition coefficient (Wildman–Crippen LogP) is 3.68. The van der Waals surface area contributed by atoms with Crippen LogP contribution in [0.5, 0.6) is 0 Å². The SMILES string of the molecule is CCC(NC(=O)c1cc(C(=O)NCC(C)(C)C)n2c1COCC2)c1ccccc1. The van der Waals surface area contributed by atoms with E-state index in [1.807, 2.05) is 41.8 Å². The molecule has 2 aromatic rings. The number of ether oxygens (including phenoxy) is 1. The Labute approximate surface area is 172 Å². The van der Waals surface area contributed by atoms with Crippen molar-refractivity contribution in [3.8, 4) is 0 Å². The van der Waals surface area contributed by atoms with Crippen molar-refractivity contribution in [1.29, 1.82) is 0 Å². The smallest absolute Gasteiger partial charge is 0.267 e. The van der Waals surface area contributed by atoms with Crippen LogP contribution in [0.3, 0.4) is 0 Å². The van der Waals surface area contributed by atoms with Crippen molar-refractivity contribution in [2.45, 2.75) is 53.3 Å². The van der Waals surface area contributed by atoms with E-state index in [9.17, 15) is 9.59 Å². The summed E-state index contributed by atoms with van der Waals surface area (Å²) in [6, 6.07) is 11.5. The summed E-state index contributed by atoms with van der Waals surface area (Å²) in [7, 11) is 0. The number of rotatable bonds is 6. The van der Waals surface area contributed by atoms with Gasteiger partial charge in [-0.2, -0.15) is 0 Å². The van der Waals surface area contributed by atoms with Crippen LogP contribution in [0.1, 0.15) is 72.3 Å². The van der Waals surface area contributed by atoms with E-state index in [1.165, 1.54) is 0 Å². The maximum absolute atomic E-state index is 13.1. The van der Waals surface area contributed by atoms with E-state index >= 15 is 0 Å². The van der Waals surface area contributed by atoms with Gasteiger partial charge in [0.05, 0.1) is 30.5 Å². The topological polar surface area (TPSA) is 72.4 Å². The zero-order valence-corrected chi connectivity index (χ0v) is 17.7. The normalized spacial score (nSPS) is 14.8. The third kappa shape index (κ3) is 5.07. The summed E-state index contributed by atoms with van der Waals surface area (Å²) < 4.78 is 7.49. The lowest BCUT2D eigenvalue weighted by Crippen LogP contribution is -2.34. The number of nitrogens with zero attached hydrogens (tertiary/aromatic N) is 1. The summed E-state index contributed by atoms with van der Waals surface area (Å²) in [5.41, 5.74) is 2.85. The molecule has 1 aromatic carbocycles. The molecule has 0 fully saturated rings. The molecule has 0 radical (unpaired) electrons. The van der Waals surface area contributed by atoms with Crippen LogP contribution in [-0.4, -0.2) is 29.5 Å². The van der Waals surface area contributed by atoms with Crippen LogP contribution < -0.4 is 10.6 Å². The minimum Gasteiger partial charge on any atom is -0.373 e. The van der Waals surface area contributed by atoms with Gasteiger partial charge in [0.15, 0.2) is 0 Å². The van der Waals surface area contributed by atoms with E-state index in [0.717, 1.165) is 17.7 Å². The van der Waals surface area contributed by atoms with Crippen LogP contribution in [0.2, 0.25) is 0 Å². The number of fused-ring (bicyclic) bond motifs is 1. The van der Waals surface area contributed by atoms with Gasteiger partial charge in [-0.3, -0.25) is 9.59 Å². The van der Waals surface area contributed by atoms with E-state index in [0.29, 0.717) is 37.6 Å². The molecule has 0 aliphatic carbocycles. The number of carbonyl (C=O) groups excluding carboxylic acids is 2. The zero-order valence-electron chi connectivity index (χ0n) is 17.7. The average Bonchev–Trinajstić information content (AvgIpc) is 3.10. The Balaban J connectivity index is 1.84. The minimum atomic E-state index is -0.176. The molecule has 2 amide bonds. The van der Waals surface area contributed by atoms with Gasteiger partial charge in [0.1, 0.15) is 5.69 Å². The van der Waals surface area contributed by atoms with Crippen LogP contribution >= 0.6 is 0 Å². The summed E-state index contributed by atoms with van der Waals surface area (Å²) in [6.07, 6.45) is 0.779. The number of carbonyl (C=O) groups is 2. The summed E-state index contributed by atoms with van der Waals surface area (Å²) in [5.74, 6) is -0.331. The number of benzene rings is 1. The molecule has 3 rings (SSSR count). The lowest BCUT2D eigenvalue weighted by Gasteiger charge is -2.22. The Morgan fingerprint density at radius 2 is 1.90 bits per heavy atom. The first kappa shape index (κ1) is 21.1. The Kier molecular flexibility index (Phi) is 6.42. The first-order valence-corrected chi connectivity index (χ1v) is 10.2. The molecule has 6 heteroatoms. The van der Waals surface area contributed by atoms with Crippen molar-refractivity contribution < 1.29 is 14.3 Å². The second kappa shape index (κ2) is 8.82. The molecule has 29 heavy (non-hydrogen) atoms. The standard InChI is InChI=1S/C23H31N3O3/c1-5-18(16-9-7-6-8-10-16)25-21(27)17-13-19(22(28)24-15-23(2,3)4)26-11-12-29-14-20(17)26/h6-10,13,18H,5,11-12,14-15H2,1-4H3,(H,24,28)(H,25,27). The highest BCUT2D eigenvalue weighted by molar-refractivity contribution is 6.00. The number of hydrogen-bond acceptors (Lipinski definition) is 3. The predicted molar refractivity (Wildman–Crippen MR) is 113 cm³/mol. The summed E-state index contributed by atoms with van der Waals surface area (Å²) >= 11 is 0. The van der Waals surface area contributed by atoms with E-state index in [-0.39, 0.29) is 23.3 Å². The van der Waals surface area contributed by atoms with Gasteiger partial charge in [-0.25, -0.2) is 0 Å². The van der Waals surface area contributed by atoms with Crippen molar-refractivity contribution in [3.63, 3.8) is 0 Å². The van der Waals surface area contributed by atoms with Gasteiger partial charge in [-0.15, -0.1) is 0 Å². The Bertz CT molecular complexity index is 865. The summed E-state index contributed by atoms with van der Waals surface area (Å²) in [4.78, 5) is 25.9. The molecule has 2 heterocycles. The average molecular weight is 398 g/mol. The number of nitrogens with one attached hydrogen (secondary N) is 2. The molecule has 0 bridgehead atoms. The minimum absolute atomic E-state index is 0.0136. The number of amides is 2.